The van der Waals surface area contributed by atoms with Crippen molar-refractivity contribution in [3.63, 3.8) is 0 Å². The van der Waals surface area contributed by atoms with Crippen molar-refractivity contribution < 1.29 is 0 Å². The van der Waals surface area contributed by atoms with Crippen LogP contribution < -0.4 is 10.2 Å². The molecule has 1 N–H and O–H groups in total. The molecule has 1 aromatic rings. The molecule has 3 heterocycles. The van der Waals surface area contributed by atoms with Gasteiger partial charge in [-0.05, 0) is 23.6 Å². The van der Waals surface area contributed by atoms with Crippen LogP contribution in [-0.4, -0.2) is 68.7 Å². The third kappa shape index (κ3) is 2.68. The fourth-order valence-electron chi connectivity index (χ4n) is 3.93. The van der Waals surface area contributed by atoms with Crippen LogP contribution in [0, 0.1) is 0 Å². The Balaban J connectivity index is 1.32. The lowest BCUT2D eigenvalue weighted by Crippen LogP contribution is -2.62. The molecule has 3 aliphatic rings. The summed E-state index contributed by atoms with van der Waals surface area (Å²) in [4.78, 5) is 7.61. The van der Waals surface area contributed by atoms with Gasteiger partial charge >= 0.3 is 0 Å². The van der Waals surface area contributed by atoms with Crippen molar-refractivity contribution in [1.82, 2.24) is 15.1 Å². The predicted molar refractivity (Wildman–Crippen MR) is 86.9 cm³/mol. The van der Waals surface area contributed by atoms with E-state index in [9.17, 15) is 0 Å². The number of likely N-dealkylation sites (tertiary alicyclic amines) is 1. The highest BCUT2D eigenvalue weighted by Crippen LogP contribution is 2.28. The molecule has 0 spiro atoms. The van der Waals surface area contributed by atoms with Crippen LogP contribution in [0.3, 0.4) is 0 Å². The Morgan fingerprint density at radius 2 is 1.95 bits per heavy atom. The summed E-state index contributed by atoms with van der Waals surface area (Å²) >= 11 is 0. The van der Waals surface area contributed by atoms with E-state index < -0.39 is 0 Å². The van der Waals surface area contributed by atoms with Gasteiger partial charge in [0.25, 0.3) is 0 Å². The first kappa shape index (κ1) is 13.6. The maximum atomic E-state index is 3.44. The Bertz CT molecular complexity index is 504. The first-order valence-electron chi connectivity index (χ1n) is 8.30. The molecule has 0 radical (unpaired) electrons. The van der Waals surface area contributed by atoms with E-state index in [0.717, 1.165) is 25.7 Å². The summed E-state index contributed by atoms with van der Waals surface area (Å²) in [5.41, 5.74) is 4.46. The van der Waals surface area contributed by atoms with Crippen molar-refractivity contribution in [2.45, 2.75) is 19.0 Å². The number of likely N-dealkylation sites (N-methyl/N-ethyl adjacent to an activating group) is 1. The number of anilines is 1. The second-order valence-electron chi connectivity index (χ2n) is 6.77. The minimum absolute atomic E-state index is 0.799. The molecular weight excluding hydrogens is 260 g/mol. The molecule has 4 nitrogen and oxygen atoms in total. The van der Waals surface area contributed by atoms with Crippen LogP contribution in [0.2, 0.25) is 0 Å². The minimum atomic E-state index is 0.799. The lowest BCUT2D eigenvalue weighted by Gasteiger charge is -2.47. The second-order valence-corrected chi connectivity index (χ2v) is 6.77. The molecule has 0 bridgehead atoms. The Labute approximate surface area is 127 Å². The van der Waals surface area contributed by atoms with E-state index in [1.54, 1.807) is 0 Å². The summed E-state index contributed by atoms with van der Waals surface area (Å²) in [6.07, 6.45) is 1.21. The van der Waals surface area contributed by atoms with Crippen molar-refractivity contribution in [2.24, 2.45) is 0 Å². The molecule has 0 unspecified atom stereocenters. The Morgan fingerprint density at radius 3 is 2.76 bits per heavy atom. The van der Waals surface area contributed by atoms with Gasteiger partial charge in [-0.3, -0.25) is 9.80 Å². The number of rotatable bonds is 3. The molecule has 21 heavy (non-hydrogen) atoms. The molecule has 114 valence electrons. The van der Waals surface area contributed by atoms with Crippen LogP contribution in [0.15, 0.2) is 18.2 Å². The Hall–Kier alpha value is -1.10. The van der Waals surface area contributed by atoms with Crippen molar-refractivity contribution in [3.05, 3.63) is 29.3 Å². The van der Waals surface area contributed by atoms with Crippen LogP contribution in [0.4, 0.5) is 5.69 Å². The van der Waals surface area contributed by atoms with Crippen molar-refractivity contribution >= 4 is 5.69 Å². The number of nitrogens with zero attached hydrogens (tertiary/aromatic N) is 3. The summed E-state index contributed by atoms with van der Waals surface area (Å²) in [5, 5.41) is 3.44. The van der Waals surface area contributed by atoms with Gasteiger partial charge in [-0.25, -0.2) is 0 Å². The van der Waals surface area contributed by atoms with Crippen LogP contribution in [0.5, 0.6) is 0 Å². The average Bonchev–Trinajstić information content (AvgIpc) is 2.84. The predicted octanol–water partition coefficient (Wildman–Crippen LogP) is 0.768. The molecule has 0 saturated carbocycles. The van der Waals surface area contributed by atoms with Gasteiger partial charge in [-0.15, -0.1) is 0 Å². The first-order chi connectivity index (χ1) is 10.3. The fraction of sp³-hybridized carbons (Fsp3) is 0.647. The third-order valence-corrected chi connectivity index (χ3v) is 5.28. The van der Waals surface area contributed by atoms with Gasteiger partial charge in [0.2, 0.25) is 0 Å². The molecule has 2 fully saturated rings. The van der Waals surface area contributed by atoms with E-state index >= 15 is 0 Å². The molecule has 2 saturated heterocycles. The average molecular weight is 286 g/mol. The van der Waals surface area contributed by atoms with Crippen LogP contribution in [-0.2, 0) is 13.0 Å². The highest BCUT2D eigenvalue weighted by atomic mass is 15.3. The van der Waals surface area contributed by atoms with Gasteiger partial charge in [0.05, 0.1) is 0 Å². The topological polar surface area (TPSA) is 21.8 Å². The van der Waals surface area contributed by atoms with E-state index in [-0.39, 0.29) is 0 Å². The summed E-state index contributed by atoms with van der Waals surface area (Å²) in [7, 11) is 2.19. The summed E-state index contributed by atoms with van der Waals surface area (Å²) < 4.78 is 0. The van der Waals surface area contributed by atoms with Gasteiger partial charge in [0.1, 0.15) is 0 Å². The number of hydrogen-bond donors (Lipinski definition) is 1. The van der Waals surface area contributed by atoms with Gasteiger partial charge in [-0.2, -0.15) is 0 Å². The molecule has 0 atom stereocenters. The number of nitrogens with one attached hydrogen (secondary N) is 1. The summed E-state index contributed by atoms with van der Waals surface area (Å²) in [6.45, 7) is 9.57. The zero-order valence-electron chi connectivity index (χ0n) is 13.0. The standard InChI is InChI=1S/C17H26N4/c1-19-7-4-15-10-14(2-3-17(15)19)11-20-12-16(13-20)21-8-5-18-6-9-21/h2-3,10,16,18H,4-9,11-13H2,1H3. The third-order valence-electron chi connectivity index (χ3n) is 5.28. The Morgan fingerprint density at radius 1 is 1.14 bits per heavy atom. The van der Waals surface area contributed by atoms with Crippen molar-refractivity contribution in [3.8, 4) is 0 Å². The maximum Gasteiger partial charge on any atom is 0.0397 e. The molecule has 0 aliphatic carbocycles. The molecule has 0 amide bonds. The SMILES string of the molecule is CN1CCc2cc(CN3CC(N4CCNCC4)C3)ccc21. The number of fused-ring (bicyclic) bond motifs is 1. The maximum absolute atomic E-state index is 3.44. The van der Waals surface area contributed by atoms with Crippen molar-refractivity contribution in [1.29, 1.82) is 0 Å². The molecule has 1 aromatic carbocycles. The molecule has 0 aromatic heterocycles. The lowest BCUT2D eigenvalue weighted by atomic mass is 10.0. The minimum Gasteiger partial charge on any atom is -0.374 e. The zero-order valence-corrected chi connectivity index (χ0v) is 13.0. The first-order valence-corrected chi connectivity index (χ1v) is 8.30. The van der Waals surface area contributed by atoms with Gasteiger partial charge in [-0.1, -0.05) is 12.1 Å². The number of piperazine rings is 1. The lowest BCUT2D eigenvalue weighted by molar-refractivity contribution is 0.0223. The van der Waals surface area contributed by atoms with Gasteiger partial charge in [0.15, 0.2) is 0 Å². The van der Waals surface area contributed by atoms with E-state index in [1.807, 2.05) is 0 Å². The fourth-order valence-corrected chi connectivity index (χ4v) is 3.93. The molecular formula is C17H26N4. The largest absolute Gasteiger partial charge is 0.374 e. The van der Waals surface area contributed by atoms with Crippen LogP contribution >= 0.6 is 0 Å². The smallest absolute Gasteiger partial charge is 0.0397 e. The molecule has 4 rings (SSSR count). The highest BCUT2D eigenvalue weighted by Gasteiger charge is 2.32. The molecule has 4 heteroatoms. The Kier molecular flexibility index (Phi) is 3.61. The van der Waals surface area contributed by atoms with E-state index in [2.05, 4.69) is 45.3 Å². The number of benzene rings is 1. The van der Waals surface area contributed by atoms with Gasteiger partial charge < -0.3 is 10.2 Å². The summed E-state index contributed by atoms with van der Waals surface area (Å²) in [5.74, 6) is 0. The highest BCUT2D eigenvalue weighted by molar-refractivity contribution is 5.58. The number of hydrogen-bond acceptors (Lipinski definition) is 4. The normalized spacial score (nSPS) is 24.1. The van der Waals surface area contributed by atoms with E-state index in [4.69, 9.17) is 0 Å². The van der Waals surface area contributed by atoms with Crippen LogP contribution in [0.1, 0.15) is 11.1 Å². The summed E-state index contributed by atoms with van der Waals surface area (Å²) in [6, 6.07) is 7.86. The second kappa shape index (κ2) is 5.59. The van der Waals surface area contributed by atoms with Crippen LogP contribution in [0.25, 0.3) is 0 Å². The zero-order chi connectivity index (χ0) is 14.2. The van der Waals surface area contributed by atoms with Gasteiger partial charge in [0, 0.05) is 71.1 Å². The monoisotopic (exact) mass is 286 g/mol. The van der Waals surface area contributed by atoms with E-state index in [0.29, 0.717) is 0 Å². The quantitative estimate of drug-likeness (QED) is 0.886. The molecule has 3 aliphatic heterocycles. The van der Waals surface area contributed by atoms with E-state index in [1.165, 1.54) is 56.0 Å². The van der Waals surface area contributed by atoms with Crippen molar-refractivity contribution in [2.75, 3.05) is 57.8 Å².